The van der Waals surface area contributed by atoms with Crippen LogP contribution in [0.4, 0.5) is 5.69 Å². The van der Waals surface area contributed by atoms with Crippen molar-refractivity contribution in [3.63, 3.8) is 0 Å². The van der Waals surface area contributed by atoms with Crippen LogP contribution in [0.1, 0.15) is 5.56 Å². The zero-order chi connectivity index (χ0) is 13.9. The van der Waals surface area contributed by atoms with Crippen LogP contribution in [-0.4, -0.2) is 8.42 Å². The molecule has 0 aromatic heterocycles. The first-order valence-corrected chi connectivity index (χ1v) is 8.85. The van der Waals surface area contributed by atoms with Gasteiger partial charge in [-0.05, 0) is 45.8 Å². The number of para-hydroxylation sites is 1. The van der Waals surface area contributed by atoms with Crippen molar-refractivity contribution in [2.45, 2.75) is 10.2 Å². The Hall–Kier alpha value is -0.850. The molecule has 0 saturated carbocycles. The molecule has 0 unspecified atom stereocenters. The highest BCUT2D eigenvalue weighted by atomic mass is 79.9. The summed E-state index contributed by atoms with van der Waals surface area (Å²) in [7, 11) is -3.56. The van der Waals surface area contributed by atoms with Crippen molar-refractivity contribution in [1.82, 2.24) is 0 Å². The molecule has 3 nitrogen and oxygen atoms in total. The summed E-state index contributed by atoms with van der Waals surface area (Å²) >= 11 is 6.64. The molecule has 1 N–H and O–H groups in total. The first-order chi connectivity index (χ1) is 9.03. The lowest BCUT2D eigenvalue weighted by Crippen LogP contribution is -2.13. The van der Waals surface area contributed by atoms with Gasteiger partial charge in [0, 0.05) is 9.80 Å². The lowest BCUT2D eigenvalue weighted by atomic mass is 10.2. The van der Waals surface area contributed by atoms with Crippen LogP contribution in [0.25, 0.3) is 0 Å². The molecule has 0 fully saturated rings. The van der Waals surface area contributed by atoms with Gasteiger partial charge in [0.15, 0.2) is 0 Å². The first kappa shape index (κ1) is 14.6. The Balaban J connectivity index is 2.30. The van der Waals surface area contributed by atoms with Crippen molar-refractivity contribution in [1.29, 1.82) is 0 Å². The highest BCUT2D eigenvalue weighted by Gasteiger charge is 2.15. The summed E-state index contributed by atoms with van der Waals surface area (Å²) < 4.78 is 27.7. The standard InChI is InChI=1S/C13H11Br2NO2S/c14-9-10-5-7-11(8-6-10)19(17,18)16-13-4-2-1-3-12(13)15/h1-8,16H,9H2. The van der Waals surface area contributed by atoms with Gasteiger partial charge in [-0.1, -0.05) is 40.2 Å². The fourth-order valence-corrected chi connectivity index (χ4v) is 3.47. The third-order valence-electron chi connectivity index (χ3n) is 2.51. The van der Waals surface area contributed by atoms with Gasteiger partial charge in [0.2, 0.25) is 0 Å². The van der Waals surface area contributed by atoms with Gasteiger partial charge in [-0.15, -0.1) is 0 Å². The van der Waals surface area contributed by atoms with E-state index in [1.54, 1.807) is 42.5 Å². The van der Waals surface area contributed by atoms with E-state index in [1.807, 2.05) is 6.07 Å². The van der Waals surface area contributed by atoms with E-state index in [1.165, 1.54) is 0 Å². The molecule has 0 radical (unpaired) electrons. The average molecular weight is 405 g/mol. The predicted molar refractivity (Wildman–Crippen MR) is 84.0 cm³/mol. The number of rotatable bonds is 4. The predicted octanol–water partition coefficient (Wildman–Crippen LogP) is 4.14. The molecule has 0 atom stereocenters. The number of hydrogen-bond donors (Lipinski definition) is 1. The molecule has 0 aliphatic heterocycles. The summed E-state index contributed by atoms with van der Waals surface area (Å²) in [5.74, 6) is 0. The second kappa shape index (κ2) is 6.07. The number of hydrogen-bond acceptors (Lipinski definition) is 2. The SMILES string of the molecule is O=S(=O)(Nc1ccccc1Br)c1ccc(CBr)cc1. The zero-order valence-electron chi connectivity index (χ0n) is 9.81. The molecule has 0 saturated heterocycles. The summed E-state index contributed by atoms with van der Waals surface area (Å²) in [6.45, 7) is 0. The molecule has 2 aromatic carbocycles. The van der Waals surface area contributed by atoms with Gasteiger partial charge in [0.25, 0.3) is 10.0 Å². The van der Waals surface area contributed by atoms with Crippen LogP contribution in [0, 0.1) is 0 Å². The monoisotopic (exact) mass is 403 g/mol. The second-order valence-electron chi connectivity index (χ2n) is 3.86. The molecule has 0 bridgehead atoms. The third-order valence-corrected chi connectivity index (χ3v) is 5.23. The van der Waals surface area contributed by atoms with Gasteiger partial charge in [0.05, 0.1) is 10.6 Å². The molecule has 19 heavy (non-hydrogen) atoms. The largest absolute Gasteiger partial charge is 0.278 e. The van der Waals surface area contributed by atoms with Gasteiger partial charge >= 0.3 is 0 Å². The Morgan fingerprint density at radius 1 is 1.00 bits per heavy atom. The first-order valence-electron chi connectivity index (χ1n) is 5.45. The molecule has 0 aliphatic rings. The van der Waals surface area contributed by atoms with Crippen LogP contribution in [0.2, 0.25) is 0 Å². The van der Waals surface area contributed by atoms with Crippen molar-refractivity contribution < 1.29 is 8.42 Å². The molecule has 100 valence electrons. The number of nitrogens with one attached hydrogen (secondary N) is 1. The van der Waals surface area contributed by atoms with E-state index in [9.17, 15) is 8.42 Å². The number of halogens is 2. The molecule has 2 aromatic rings. The van der Waals surface area contributed by atoms with Gasteiger partial charge in [-0.25, -0.2) is 8.42 Å². The number of benzene rings is 2. The third kappa shape index (κ3) is 3.58. The fraction of sp³-hybridized carbons (Fsp3) is 0.0769. The summed E-state index contributed by atoms with van der Waals surface area (Å²) in [5.41, 5.74) is 1.55. The summed E-state index contributed by atoms with van der Waals surface area (Å²) in [5, 5.41) is 0.699. The highest BCUT2D eigenvalue weighted by molar-refractivity contribution is 9.10. The van der Waals surface area contributed by atoms with Crippen LogP contribution in [0.5, 0.6) is 0 Å². The molecular weight excluding hydrogens is 394 g/mol. The zero-order valence-corrected chi connectivity index (χ0v) is 13.8. The van der Waals surface area contributed by atoms with Crippen molar-refractivity contribution in [3.8, 4) is 0 Å². The lowest BCUT2D eigenvalue weighted by Gasteiger charge is -2.09. The van der Waals surface area contributed by atoms with Crippen LogP contribution < -0.4 is 4.72 Å². The fourth-order valence-electron chi connectivity index (χ4n) is 1.51. The van der Waals surface area contributed by atoms with Crippen LogP contribution >= 0.6 is 31.9 Å². The Labute approximate surface area is 129 Å². The maximum Gasteiger partial charge on any atom is 0.261 e. The van der Waals surface area contributed by atoms with E-state index < -0.39 is 10.0 Å². The smallest absolute Gasteiger partial charge is 0.261 e. The Kier molecular flexibility index (Phi) is 4.65. The number of alkyl halides is 1. The molecular formula is C13H11Br2NO2S. The molecule has 0 heterocycles. The minimum absolute atomic E-state index is 0.243. The van der Waals surface area contributed by atoms with E-state index >= 15 is 0 Å². The number of anilines is 1. The van der Waals surface area contributed by atoms with Gasteiger partial charge < -0.3 is 0 Å². The van der Waals surface area contributed by atoms with Crippen LogP contribution in [0.15, 0.2) is 57.9 Å². The minimum atomic E-state index is -3.56. The van der Waals surface area contributed by atoms with E-state index in [-0.39, 0.29) is 4.90 Å². The minimum Gasteiger partial charge on any atom is -0.278 e. The Bertz CT molecular complexity index is 669. The van der Waals surface area contributed by atoms with Gasteiger partial charge in [-0.3, -0.25) is 4.72 Å². The van der Waals surface area contributed by atoms with Crippen LogP contribution in [0.3, 0.4) is 0 Å². The molecule has 2 rings (SSSR count). The highest BCUT2D eigenvalue weighted by Crippen LogP contribution is 2.24. The molecule has 0 amide bonds. The molecule has 0 spiro atoms. The molecule has 6 heteroatoms. The maximum atomic E-state index is 12.2. The van der Waals surface area contributed by atoms with E-state index in [4.69, 9.17) is 0 Å². The normalized spacial score (nSPS) is 11.3. The van der Waals surface area contributed by atoms with E-state index in [2.05, 4.69) is 36.6 Å². The summed E-state index contributed by atoms with van der Waals surface area (Å²) in [4.78, 5) is 0.243. The van der Waals surface area contributed by atoms with Crippen molar-refractivity contribution >= 4 is 47.6 Å². The van der Waals surface area contributed by atoms with E-state index in [0.29, 0.717) is 15.5 Å². The quantitative estimate of drug-likeness (QED) is 0.778. The topological polar surface area (TPSA) is 46.2 Å². The van der Waals surface area contributed by atoms with Crippen LogP contribution in [-0.2, 0) is 15.4 Å². The van der Waals surface area contributed by atoms with Crippen molar-refractivity contribution in [3.05, 3.63) is 58.6 Å². The summed E-state index contributed by atoms with van der Waals surface area (Å²) in [6, 6.07) is 13.8. The lowest BCUT2D eigenvalue weighted by molar-refractivity contribution is 0.601. The maximum absolute atomic E-state index is 12.2. The summed E-state index contributed by atoms with van der Waals surface area (Å²) in [6.07, 6.45) is 0. The Morgan fingerprint density at radius 3 is 2.21 bits per heavy atom. The van der Waals surface area contributed by atoms with Crippen molar-refractivity contribution in [2.24, 2.45) is 0 Å². The van der Waals surface area contributed by atoms with Crippen molar-refractivity contribution in [2.75, 3.05) is 4.72 Å². The number of sulfonamides is 1. The Morgan fingerprint density at radius 2 is 1.63 bits per heavy atom. The van der Waals surface area contributed by atoms with E-state index in [0.717, 1.165) is 5.56 Å². The second-order valence-corrected chi connectivity index (χ2v) is 6.96. The molecule has 0 aliphatic carbocycles. The van der Waals surface area contributed by atoms with Gasteiger partial charge in [-0.2, -0.15) is 0 Å². The average Bonchev–Trinajstić information content (AvgIpc) is 2.41. The van der Waals surface area contributed by atoms with Gasteiger partial charge in [0.1, 0.15) is 0 Å².